The monoisotopic (exact) mass is 270 g/mol. The van der Waals surface area contributed by atoms with Gasteiger partial charge in [-0.05, 0) is 19.1 Å². The molecule has 0 bridgehead atoms. The largest absolute Gasteiger partial charge is 0.396 e. The van der Waals surface area contributed by atoms with Crippen LogP contribution in [0.15, 0.2) is 11.2 Å². The van der Waals surface area contributed by atoms with Crippen LogP contribution in [0.3, 0.4) is 0 Å². The Labute approximate surface area is 113 Å². The second kappa shape index (κ2) is 6.80. The first-order valence-electron chi connectivity index (χ1n) is 6.12. The molecular weight excluding hydrogens is 248 g/mol. The Bertz CT molecular complexity index is 374. The number of thioether (sulfide) groups is 1. The Hall–Kier alpha value is -1.01. The minimum absolute atomic E-state index is 0.0980. The van der Waals surface area contributed by atoms with Gasteiger partial charge in [-0.25, -0.2) is 9.97 Å². The molecule has 0 saturated carbocycles. The van der Waals surface area contributed by atoms with Crippen molar-refractivity contribution >= 4 is 23.4 Å². The topological polar surface area (TPSA) is 84.1 Å². The zero-order valence-electron chi connectivity index (χ0n) is 11.2. The number of rotatable bonds is 7. The summed E-state index contributed by atoms with van der Waals surface area (Å²) in [5, 5.41) is 13.4. The van der Waals surface area contributed by atoms with E-state index >= 15 is 0 Å². The van der Waals surface area contributed by atoms with Crippen molar-refractivity contribution in [2.75, 3.05) is 30.5 Å². The number of aromatic nitrogens is 2. The van der Waals surface area contributed by atoms with E-state index in [1.807, 2.05) is 6.26 Å². The molecule has 0 aliphatic carbocycles. The van der Waals surface area contributed by atoms with Gasteiger partial charge in [-0.1, -0.05) is 25.6 Å². The molecule has 0 saturated heterocycles. The van der Waals surface area contributed by atoms with Crippen LogP contribution in [0.5, 0.6) is 0 Å². The Morgan fingerprint density at radius 2 is 2.06 bits per heavy atom. The van der Waals surface area contributed by atoms with Gasteiger partial charge in [0.1, 0.15) is 11.6 Å². The van der Waals surface area contributed by atoms with Crippen LogP contribution in [0.1, 0.15) is 26.7 Å². The highest BCUT2D eigenvalue weighted by molar-refractivity contribution is 7.98. The summed E-state index contributed by atoms with van der Waals surface area (Å²) in [6.45, 7) is 5.02. The summed E-state index contributed by atoms with van der Waals surface area (Å²) in [6.07, 6.45) is 3.75. The lowest BCUT2D eigenvalue weighted by molar-refractivity contribution is 0.127. The van der Waals surface area contributed by atoms with Crippen LogP contribution in [0.25, 0.3) is 0 Å². The van der Waals surface area contributed by atoms with Crippen LogP contribution < -0.4 is 11.1 Å². The number of aliphatic hydroxyl groups excluding tert-OH is 1. The average molecular weight is 270 g/mol. The summed E-state index contributed by atoms with van der Waals surface area (Å²) in [4.78, 5) is 8.43. The first kappa shape index (κ1) is 15.0. The standard InChI is InChI=1S/C12H22N4OS/c1-4-12(5-2,8-17)7-14-10-6-9(13)15-11(16-10)18-3/h6,17H,4-5,7-8H2,1-3H3,(H3,13,14,15,16). The lowest BCUT2D eigenvalue weighted by Gasteiger charge is -2.29. The quantitative estimate of drug-likeness (QED) is 0.519. The Morgan fingerprint density at radius 3 is 2.56 bits per heavy atom. The Balaban J connectivity index is 2.76. The molecule has 18 heavy (non-hydrogen) atoms. The molecule has 1 aromatic rings. The summed E-state index contributed by atoms with van der Waals surface area (Å²) in [5.74, 6) is 1.17. The van der Waals surface area contributed by atoms with Crippen LogP contribution in [0, 0.1) is 5.41 Å². The van der Waals surface area contributed by atoms with E-state index < -0.39 is 0 Å². The number of aliphatic hydroxyl groups is 1. The molecule has 1 rings (SSSR count). The molecule has 1 aromatic heterocycles. The maximum atomic E-state index is 9.51. The highest BCUT2D eigenvalue weighted by atomic mass is 32.2. The zero-order chi connectivity index (χ0) is 13.6. The average Bonchev–Trinajstić information content (AvgIpc) is 2.40. The lowest BCUT2D eigenvalue weighted by Crippen LogP contribution is -2.32. The molecule has 0 amide bonds. The number of anilines is 2. The van der Waals surface area contributed by atoms with Crippen molar-refractivity contribution in [3.63, 3.8) is 0 Å². The van der Waals surface area contributed by atoms with Crippen molar-refractivity contribution < 1.29 is 5.11 Å². The minimum atomic E-state index is -0.0980. The van der Waals surface area contributed by atoms with Crippen molar-refractivity contribution in [2.24, 2.45) is 5.41 Å². The number of hydrogen-bond donors (Lipinski definition) is 3. The highest BCUT2D eigenvalue weighted by Gasteiger charge is 2.25. The van der Waals surface area contributed by atoms with E-state index in [1.165, 1.54) is 11.8 Å². The van der Waals surface area contributed by atoms with Gasteiger partial charge < -0.3 is 16.2 Å². The fourth-order valence-electron chi connectivity index (χ4n) is 1.68. The molecule has 6 heteroatoms. The predicted octanol–water partition coefficient (Wildman–Crippen LogP) is 1.99. The molecule has 4 N–H and O–H groups in total. The molecule has 102 valence electrons. The molecule has 0 spiro atoms. The molecule has 0 atom stereocenters. The van der Waals surface area contributed by atoms with Gasteiger partial charge in [-0.15, -0.1) is 0 Å². The third-order valence-electron chi connectivity index (χ3n) is 3.39. The molecule has 0 fully saturated rings. The third-order valence-corrected chi connectivity index (χ3v) is 3.94. The van der Waals surface area contributed by atoms with Gasteiger partial charge in [-0.2, -0.15) is 0 Å². The zero-order valence-corrected chi connectivity index (χ0v) is 12.0. The molecule has 5 nitrogen and oxygen atoms in total. The second-order valence-electron chi connectivity index (χ2n) is 4.38. The number of nitrogens with two attached hydrogens (primary N) is 1. The van der Waals surface area contributed by atoms with Crippen LogP contribution in [0.2, 0.25) is 0 Å². The van der Waals surface area contributed by atoms with Crippen LogP contribution in [0.4, 0.5) is 11.6 Å². The van der Waals surface area contributed by atoms with E-state index in [-0.39, 0.29) is 12.0 Å². The number of nitrogen functional groups attached to an aromatic ring is 1. The van der Waals surface area contributed by atoms with Gasteiger partial charge >= 0.3 is 0 Å². The summed E-state index contributed by atoms with van der Waals surface area (Å²) in [7, 11) is 0. The molecule has 0 aliphatic rings. The summed E-state index contributed by atoms with van der Waals surface area (Å²) >= 11 is 1.46. The van der Waals surface area contributed by atoms with Crippen LogP contribution in [-0.2, 0) is 0 Å². The molecule has 1 heterocycles. The molecule has 0 aromatic carbocycles. The van der Waals surface area contributed by atoms with Crippen LogP contribution in [-0.4, -0.2) is 34.5 Å². The number of nitrogens with zero attached hydrogens (tertiary/aromatic N) is 2. The van der Waals surface area contributed by atoms with Gasteiger partial charge in [0.2, 0.25) is 0 Å². The lowest BCUT2D eigenvalue weighted by atomic mass is 9.83. The van der Waals surface area contributed by atoms with Gasteiger partial charge in [0.05, 0.1) is 6.61 Å². The van der Waals surface area contributed by atoms with Gasteiger partial charge in [0, 0.05) is 18.0 Å². The fourth-order valence-corrected chi connectivity index (χ4v) is 2.07. The van der Waals surface area contributed by atoms with Crippen molar-refractivity contribution in [1.82, 2.24) is 9.97 Å². The number of hydrogen-bond acceptors (Lipinski definition) is 6. The second-order valence-corrected chi connectivity index (χ2v) is 5.16. The van der Waals surface area contributed by atoms with Crippen molar-refractivity contribution in [1.29, 1.82) is 0 Å². The maximum Gasteiger partial charge on any atom is 0.191 e. The summed E-state index contributed by atoms with van der Waals surface area (Å²) in [5.41, 5.74) is 5.62. The van der Waals surface area contributed by atoms with Crippen molar-refractivity contribution in [3.05, 3.63) is 6.07 Å². The molecule has 0 aliphatic heterocycles. The minimum Gasteiger partial charge on any atom is -0.396 e. The smallest absolute Gasteiger partial charge is 0.191 e. The number of nitrogens with one attached hydrogen (secondary N) is 1. The Morgan fingerprint density at radius 1 is 1.39 bits per heavy atom. The van der Waals surface area contributed by atoms with Crippen LogP contribution >= 0.6 is 11.8 Å². The first-order valence-corrected chi connectivity index (χ1v) is 7.35. The maximum absolute atomic E-state index is 9.51. The molecular formula is C12H22N4OS. The fraction of sp³-hybridized carbons (Fsp3) is 0.667. The van der Waals surface area contributed by atoms with Gasteiger partial charge in [0.25, 0.3) is 0 Å². The van der Waals surface area contributed by atoms with E-state index in [9.17, 15) is 5.11 Å². The van der Waals surface area contributed by atoms with E-state index in [2.05, 4.69) is 29.1 Å². The van der Waals surface area contributed by atoms with Crippen molar-refractivity contribution in [2.45, 2.75) is 31.8 Å². The summed E-state index contributed by atoms with van der Waals surface area (Å²) < 4.78 is 0. The highest BCUT2D eigenvalue weighted by Crippen LogP contribution is 2.26. The van der Waals surface area contributed by atoms with E-state index in [4.69, 9.17) is 5.73 Å². The van der Waals surface area contributed by atoms with Crippen molar-refractivity contribution in [3.8, 4) is 0 Å². The van der Waals surface area contributed by atoms with E-state index in [0.717, 1.165) is 12.8 Å². The Kier molecular flexibility index (Phi) is 5.68. The van der Waals surface area contributed by atoms with E-state index in [0.29, 0.717) is 23.3 Å². The normalized spacial score (nSPS) is 11.6. The third kappa shape index (κ3) is 3.74. The molecule has 0 unspecified atom stereocenters. The SMILES string of the molecule is CCC(CC)(CO)CNc1cc(N)nc(SC)n1. The van der Waals surface area contributed by atoms with Gasteiger partial charge in [-0.3, -0.25) is 0 Å². The molecule has 0 radical (unpaired) electrons. The summed E-state index contributed by atoms with van der Waals surface area (Å²) in [6, 6.07) is 1.72. The van der Waals surface area contributed by atoms with E-state index in [1.54, 1.807) is 6.07 Å². The predicted molar refractivity (Wildman–Crippen MR) is 76.8 cm³/mol. The first-order chi connectivity index (χ1) is 8.59. The van der Waals surface area contributed by atoms with Gasteiger partial charge in [0.15, 0.2) is 5.16 Å².